The number of hydrogen-bond donors (Lipinski definition) is 2. The van der Waals surface area contributed by atoms with Crippen LogP contribution in [0.5, 0.6) is 0 Å². The first-order valence-corrected chi connectivity index (χ1v) is 5.91. The van der Waals surface area contributed by atoms with E-state index in [0.29, 0.717) is 12.3 Å². The number of carbonyl (C=O) groups is 1. The normalized spacial score (nSPS) is 12.9. The molecule has 16 heavy (non-hydrogen) atoms. The van der Waals surface area contributed by atoms with Gasteiger partial charge < -0.3 is 10.4 Å². The lowest BCUT2D eigenvalue weighted by Gasteiger charge is -2.03. The summed E-state index contributed by atoms with van der Waals surface area (Å²) in [6.07, 6.45) is 5.63. The van der Waals surface area contributed by atoms with Crippen LogP contribution >= 0.6 is 11.6 Å². The maximum atomic E-state index is 10.4. The van der Waals surface area contributed by atoms with Crippen LogP contribution in [0.2, 0.25) is 0 Å². The van der Waals surface area contributed by atoms with E-state index in [1.807, 2.05) is 26.1 Å². The topological polar surface area (TPSA) is 49.3 Å². The van der Waals surface area contributed by atoms with Crippen LogP contribution in [-0.2, 0) is 4.79 Å². The van der Waals surface area contributed by atoms with E-state index in [9.17, 15) is 4.79 Å². The Bertz CT molecular complexity index is 264. The summed E-state index contributed by atoms with van der Waals surface area (Å²) in [6.45, 7) is 2.76. The number of carboxylic acid groups (broad SMARTS) is 1. The summed E-state index contributed by atoms with van der Waals surface area (Å²) in [4.78, 5) is 10.4. The third kappa shape index (κ3) is 8.50. The van der Waals surface area contributed by atoms with Crippen LogP contribution in [0.3, 0.4) is 0 Å². The van der Waals surface area contributed by atoms with Gasteiger partial charge in [0.25, 0.3) is 0 Å². The molecule has 0 atom stereocenters. The highest BCUT2D eigenvalue weighted by atomic mass is 35.5. The first-order chi connectivity index (χ1) is 7.60. The molecule has 0 spiro atoms. The molecular weight excluding hydrogens is 226 g/mol. The smallest absolute Gasteiger partial charge is 0.303 e. The molecule has 0 heterocycles. The number of likely N-dealkylation sites (N-methyl/N-ethyl adjacent to an activating group) is 1. The van der Waals surface area contributed by atoms with E-state index in [4.69, 9.17) is 16.7 Å². The molecule has 4 heteroatoms. The number of hydrogen-bond acceptors (Lipinski definition) is 2. The monoisotopic (exact) mass is 245 g/mol. The zero-order valence-electron chi connectivity index (χ0n) is 9.92. The largest absolute Gasteiger partial charge is 0.481 e. The molecule has 92 valence electrons. The minimum absolute atomic E-state index is 0.188. The summed E-state index contributed by atoms with van der Waals surface area (Å²) >= 11 is 5.68. The van der Waals surface area contributed by atoms with Crippen molar-refractivity contribution in [3.8, 4) is 0 Å². The van der Waals surface area contributed by atoms with E-state index < -0.39 is 5.97 Å². The molecule has 0 fully saturated rings. The van der Waals surface area contributed by atoms with Crippen LogP contribution in [0, 0.1) is 0 Å². The van der Waals surface area contributed by atoms with Crippen molar-refractivity contribution in [2.75, 3.05) is 19.5 Å². The summed E-state index contributed by atoms with van der Waals surface area (Å²) < 4.78 is 0. The van der Waals surface area contributed by atoms with E-state index in [1.165, 1.54) is 5.57 Å². The van der Waals surface area contributed by atoms with Crippen LogP contribution < -0.4 is 5.32 Å². The van der Waals surface area contributed by atoms with E-state index in [1.54, 1.807) is 0 Å². The SMILES string of the molecule is CNC/C(=C/C=C(\C)CCC(=O)O)CCCl. The van der Waals surface area contributed by atoms with Crippen molar-refractivity contribution in [3.63, 3.8) is 0 Å². The van der Waals surface area contributed by atoms with Crippen molar-refractivity contribution in [2.24, 2.45) is 0 Å². The summed E-state index contributed by atoms with van der Waals surface area (Å²) in [5.74, 6) is -0.150. The molecule has 0 saturated carbocycles. The predicted molar refractivity (Wildman–Crippen MR) is 68.0 cm³/mol. The standard InChI is InChI=1S/C12H20ClNO2/c1-10(4-6-12(15)16)3-5-11(7-8-13)9-14-2/h3,5,14H,4,6-9H2,1-2H3,(H,15,16)/b10-3+,11-5+. The van der Waals surface area contributed by atoms with Gasteiger partial charge in [0, 0.05) is 18.8 Å². The van der Waals surface area contributed by atoms with Gasteiger partial charge in [-0.3, -0.25) is 4.79 Å². The van der Waals surface area contributed by atoms with E-state index in [2.05, 4.69) is 5.32 Å². The second kappa shape index (κ2) is 9.43. The minimum atomic E-state index is -0.757. The number of alkyl halides is 1. The highest BCUT2D eigenvalue weighted by Crippen LogP contribution is 2.07. The van der Waals surface area contributed by atoms with Crippen LogP contribution in [0.4, 0.5) is 0 Å². The zero-order valence-corrected chi connectivity index (χ0v) is 10.7. The van der Waals surface area contributed by atoms with Gasteiger partial charge in [0.15, 0.2) is 0 Å². The summed E-state index contributed by atoms with van der Waals surface area (Å²) in [5, 5.41) is 11.6. The van der Waals surface area contributed by atoms with Crippen molar-refractivity contribution in [1.29, 1.82) is 0 Å². The molecule has 0 radical (unpaired) electrons. The average Bonchev–Trinajstić information content (AvgIpc) is 2.23. The molecule has 0 amide bonds. The molecule has 0 aliphatic rings. The van der Waals surface area contributed by atoms with Crippen molar-refractivity contribution in [2.45, 2.75) is 26.2 Å². The molecule has 0 aliphatic heterocycles. The Kier molecular flexibility index (Phi) is 8.96. The van der Waals surface area contributed by atoms with E-state index >= 15 is 0 Å². The van der Waals surface area contributed by atoms with Gasteiger partial charge >= 0.3 is 5.97 Å². The first kappa shape index (κ1) is 15.2. The molecular formula is C12H20ClNO2. The zero-order chi connectivity index (χ0) is 12.4. The molecule has 3 nitrogen and oxygen atoms in total. The molecule has 0 unspecified atom stereocenters. The van der Waals surface area contributed by atoms with Crippen LogP contribution in [0.1, 0.15) is 26.2 Å². The maximum absolute atomic E-state index is 10.4. The van der Waals surface area contributed by atoms with E-state index in [-0.39, 0.29) is 6.42 Å². The second-order valence-corrected chi connectivity index (χ2v) is 4.08. The van der Waals surface area contributed by atoms with Crippen LogP contribution in [0.25, 0.3) is 0 Å². The second-order valence-electron chi connectivity index (χ2n) is 3.70. The number of halogens is 1. The van der Waals surface area contributed by atoms with Gasteiger partial charge in [-0.1, -0.05) is 23.3 Å². The fourth-order valence-corrected chi connectivity index (χ4v) is 1.47. The third-order valence-electron chi connectivity index (χ3n) is 2.16. The van der Waals surface area contributed by atoms with Gasteiger partial charge in [-0.2, -0.15) is 0 Å². The highest BCUT2D eigenvalue weighted by molar-refractivity contribution is 6.18. The van der Waals surface area contributed by atoms with Crippen molar-refractivity contribution >= 4 is 17.6 Å². The Morgan fingerprint density at radius 3 is 2.50 bits per heavy atom. The third-order valence-corrected chi connectivity index (χ3v) is 2.35. The Morgan fingerprint density at radius 2 is 2.00 bits per heavy atom. The van der Waals surface area contributed by atoms with Gasteiger partial charge in [0.1, 0.15) is 0 Å². The predicted octanol–water partition coefficient (Wildman–Crippen LogP) is 2.57. The molecule has 0 aromatic rings. The Morgan fingerprint density at radius 1 is 1.31 bits per heavy atom. The summed E-state index contributed by atoms with van der Waals surface area (Å²) in [7, 11) is 1.89. The number of nitrogens with one attached hydrogen (secondary N) is 1. The van der Waals surface area contributed by atoms with Gasteiger partial charge in [0.2, 0.25) is 0 Å². The molecule has 0 rings (SSSR count). The maximum Gasteiger partial charge on any atom is 0.303 e. The molecule has 0 bridgehead atoms. The molecule has 2 N–H and O–H groups in total. The van der Waals surface area contributed by atoms with Gasteiger partial charge in [0.05, 0.1) is 0 Å². The van der Waals surface area contributed by atoms with Crippen molar-refractivity contribution < 1.29 is 9.90 Å². The Labute approximate surface area is 102 Å². The lowest BCUT2D eigenvalue weighted by Crippen LogP contribution is -2.10. The van der Waals surface area contributed by atoms with Crippen molar-refractivity contribution in [3.05, 3.63) is 23.3 Å². The number of carboxylic acids is 1. The van der Waals surface area contributed by atoms with Crippen molar-refractivity contribution in [1.82, 2.24) is 5.32 Å². The fraction of sp³-hybridized carbons (Fsp3) is 0.583. The van der Waals surface area contributed by atoms with Gasteiger partial charge in [-0.25, -0.2) is 0 Å². The summed E-state index contributed by atoms with van der Waals surface area (Å²) in [6, 6.07) is 0. The van der Waals surface area contributed by atoms with Gasteiger partial charge in [-0.15, -0.1) is 11.6 Å². The number of rotatable bonds is 8. The molecule has 0 saturated heterocycles. The summed E-state index contributed by atoms with van der Waals surface area (Å²) in [5.41, 5.74) is 2.30. The quantitative estimate of drug-likeness (QED) is 0.511. The number of aliphatic carboxylic acids is 1. The van der Waals surface area contributed by atoms with Crippen LogP contribution in [0.15, 0.2) is 23.3 Å². The molecule has 0 aromatic carbocycles. The average molecular weight is 246 g/mol. The fourth-order valence-electron chi connectivity index (χ4n) is 1.23. The Balaban J connectivity index is 4.24. The lowest BCUT2D eigenvalue weighted by atomic mass is 10.1. The highest BCUT2D eigenvalue weighted by Gasteiger charge is 1.97. The lowest BCUT2D eigenvalue weighted by molar-refractivity contribution is -0.136. The minimum Gasteiger partial charge on any atom is -0.481 e. The first-order valence-electron chi connectivity index (χ1n) is 5.37. The number of allylic oxidation sites excluding steroid dienone is 3. The molecule has 0 aromatic heterocycles. The Hall–Kier alpha value is -0.800. The van der Waals surface area contributed by atoms with Crippen LogP contribution in [-0.4, -0.2) is 30.5 Å². The van der Waals surface area contributed by atoms with E-state index in [0.717, 1.165) is 18.5 Å². The van der Waals surface area contributed by atoms with Gasteiger partial charge in [-0.05, 0) is 26.8 Å². The molecule has 0 aliphatic carbocycles.